The molecule has 1 heterocycles. The minimum atomic E-state index is -0.00811. The molecule has 0 aliphatic heterocycles. The highest BCUT2D eigenvalue weighted by Crippen LogP contribution is 2.23. The molecule has 0 saturated heterocycles. The van der Waals surface area contributed by atoms with E-state index in [0.29, 0.717) is 44.2 Å². The smallest absolute Gasteiger partial charge is 0.220 e. The van der Waals surface area contributed by atoms with Gasteiger partial charge in [-0.1, -0.05) is 0 Å². The number of hydrogen-bond acceptors (Lipinski definition) is 5. The number of ether oxygens (including phenoxy) is 2. The van der Waals surface area contributed by atoms with Crippen molar-refractivity contribution in [2.24, 2.45) is 5.73 Å². The van der Waals surface area contributed by atoms with Crippen molar-refractivity contribution >= 4 is 30.7 Å². The van der Waals surface area contributed by atoms with Crippen LogP contribution in [0.15, 0.2) is 42.6 Å². The Morgan fingerprint density at radius 1 is 1.15 bits per heavy atom. The molecule has 0 atom stereocenters. The maximum absolute atomic E-state index is 11.6. The van der Waals surface area contributed by atoms with E-state index in [-0.39, 0.29) is 30.7 Å². The molecule has 0 aliphatic carbocycles. The second-order valence-electron chi connectivity index (χ2n) is 5.18. The molecular weight excluding hydrogens is 377 g/mol. The van der Waals surface area contributed by atoms with Crippen LogP contribution < -0.4 is 20.5 Å². The van der Waals surface area contributed by atoms with E-state index in [0.717, 1.165) is 11.3 Å². The molecule has 3 N–H and O–H groups in total. The quantitative estimate of drug-likeness (QED) is 0.671. The second kappa shape index (κ2) is 13.2. The minimum absolute atomic E-state index is 0. The molecule has 0 radical (unpaired) electrons. The van der Waals surface area contributed by atoms with Crippen molar-refractivity contribution < 1.29 is 14.3 Å². The van der Waals surface area contributed by atoms with Crippen molar-refractivity contribution in [3.05, 3.63) is 48.2 Å². The lowest BCUT2D eigenvalue weighted by atomic mass is 10.2. The molecule has 0 bridgehead atoms. The molecule has 26 heavy (non-hydrogen) atoms. The van der Waals surface area contributed by atoms with Gasteiger partial charge >= 0.3 is 0 Å². The van der Waals surface area contributed by atoms with Gasteiger partial charge in [0.05, 0.1) is 6.61 Å². The van der Waals surface area contributed by atoms with Crippen LogP contribution >= 0.6 is 24.8 Å². The predicted octanol–water partition coefficient (Wildman–Crippen LogP) is 3.47. The fourth-order valence-electron chi connectivity index (χ4n) is 2.06. The first-order valence-corrected chi connectivity index (χ1v) is 8.03. The normalized spacial score (nSPS) is 9.46. The number of hydrogen-bond donors (Lipinski definition) is 2. The number of halogens is 2. The largest absolute Gasteiger partial charge is 0.494 e. The van der Waals surface area contributed by atoms with Gasteiger partial charge in [0.2, 0.25) is 11.8 Å². The highest BCUT2D eigenvalue weighted by molar-refractivity contribution is 5.85. The number of amides is 1. The van der Waals surface area contributed by atoms with Gasteiger partial charge < -0.3 is 20.5 Å². The average molecular weight is 402 g/mol. The highest BCUT2D eigenvalue weighted by Gasteiger charge is 2.04. The first kappa shape index (κ1) is 24.0. The fourth-order valence-corrected chi connectivity index (χ4v) is 2.06. The van der Waals surface area contributed by atoms with E-state index in [4.69, 9.17) is 15.2 Å². The van der Waals surface area contributed by atoms with Crippen LogP contribution in [-0.2, 0) is 11.3 Å². The summed E-state index contributed by atoms with van der Waals surface area (Å²) in [4.78, 5) is 15.8. The van der Waals surface area contributed by atoms with Crippen molar-refractivity contribution in [2.75, 3.05) is 13.2 Å². The molecule has 0 fully saturated rings. The van der Waals surface area contributed by atoms with Crippen LogP contribution in [0.5, 0.6) is 17.4 Å². The Morgan fingerprint density at radius 3 is 2.50 bits per heavy atom. The second-order valence-corrected chi connectivity index (χ2v) is 5.18. The third-order valence-electron chi connectivity index (χ3n) is 3.25. The molecule has 2 rings (SSSR count). The number of carbonyl (C=O) groups excluding carboxylic acids is 1. The molecule has 1 aromatic carbocycles. The standard InChI is InChI=1S/C18H23N3O3.2ClH/c1-2-23-15-5-7-16(8-6-15)24-18-12-14(9-11-20-18)13-21-17(22)4-3-10-19;;/h5-9,11-12H,2-4,10,13,19H2,1H3,(H,21,22);2*1H. The number of pyridine rings is 1. The molecule has 0 saturated carbocycles. The summed E-state index contributed by atoms with van der Waals surface area (Å²) in [6.07, 6.45) is 2.79. The van der Waals surface area contributed by atoms with Crippen molar-refractivity contribution in [1.82, 2.24) is 10.3 Å². The number of nitrogens with two attached hydrogens (primary N) is 1. The van der Waals surface area contributed by atoms with E-state index in [1.54, 1.807) is 12.3 Å². The lowest BCUT2D eigenvalue weighted by Gasteiger charge is -2.09. The van der Waals surface area contributed by atoms with E-state index < -0.39 is 0 Å². The van der Waals surface area contributed by atoms with E-state index in [9.17, 15) is 4.79 Å². The van der Waals surface area contributed by atoms with Gasteiger partial charge in [0, 0.05) is 25.2 Å². The Bertz CT molecular complexity index is 654. The zero-order chi connectivity index (χ0) is 17.2. The lowest BCUT2D eigenvalue weighted by Crippen LogP contribution is -2.23. The van der Waals surface area contributed by atoms with Gasteiger partial charge in [0.15, 0.2) is 0 Å². The summed E-state index contributed by atoms with van der Waals surface area (Å²) in [6, 6.07) is 11.0. The Labute approximate surface area is 166 Å². The molecule has 2 aromatic rings. The first-order chi connectivity index (χ1) is 11.7. The van der Waals surface area contributed by atoms with Gasteiger partial charge in [0.25, 0.3) is 0 Å². The molecule has 1 amide bonds. The molecule has 0 aliphatic rings. The molecule has 0 spiro atoms. The summed E-state index contributed by atoms with van der Waals surface area (Å²) in [7, 11) is 0. The van der Waals surface area contributed by atoms with Gasteiger partial charge in [-0.3, -0.25) is 4.79 Å². The molecule has 8 heteroatoms. The summed E-state index contributed by atoms with van der Waals surface area (Å²) >= 11 is 0. The maximum Gasteiger partial charge on any atom is 0.220 e. The Hall–Kier alpha value is -2.02. The van der Waals surface area contributed by atoms with Crippen LogP contribution in [0.3, 0.4) is 0 Å². The van der Waals surface area contributed by atoms with Crippen molar-refractivity contribution in [3.8, 4) is 17.4 Å². The van der Waals surface area contributed by atoms with E-state index in [1.165, 1.54) is 0 Å². The van der Waals surface area contributed by atoms with Crippen molar-refractivity contribution in [1.29, 1.82) is 0 Å². The number of nitrogens with zero attached hydrogens (tertiary/aromatic N) is 1. The van der Waals surface area contributed by atoms with Gasteiger partial charge in [-0.25, -0.2) is 4.98 Å². The molecule has 144 valence electrons. The summed E-state index contributed by atoms with van der Waals surface area (Å²) in [5.41, 5.74) is 6.31. The summed E-state index contributed by atoms with van der Waals surface area (Å²) in [5, 5.41) is 2.85. The van der Waals surface area contributed by atoms with E-state index >= 15 is 0 Å². The van der Waals surface area contributed by atoms with Crippen LogP contribution in [0.1, 0.15) is 25.3 Å². The molecule has 1 aromatic heterocycles. The molecule has 6 nitrogen and oxygen atoms in total. The summed E-state index contributed by atoms with van der Waals surface area (Å²) in [5.74, 6) is 1.95. The highest BCUT2D eigenvalue weighted by atomic mass is 35.5. The first-order valence-electron chi connectivity index (χ1n) is 8.03. The number of benzene rings is 1. The minimum Gasteiger partial charge on any atom is -0.494 e. The van der Waals surface area contributed by atoms with Gasteiger partial charge in [-0.2, -0.15) is 0 Å². The average Bonchev–Trinajstić information content (AvgIpc) is 2.60. The summed E-state index contributed by atoms with van der Waals surface area (Å²) in [6.45, 7) is 3.52. The SMILES string of the molecule is CCOc1ccc(Oc2cc(CNC(=O)CCCN)ccn2)cc1.Cl.Cl. The third-order valence-corrected chi connectivity index (χ3v) is 3.25. The maximum atomic E-state index is 11.6. The zero-order valence-electron chi connectivity index (χ0n) is 14.6. The van der Waals surface area contributed by atoms with Gasteiger partial charge in [-0.05, 0) is 55.8 Å². The monoisotopic (exact) mass is 401 g/mol. The van der Waals surface area contributed by atoms with Crippen molar-refractivity contribution in [3.63, 3.8) is 0 Å². The van der Waals surface area contributed by atoms with E-state index in [2.05, 4.69) is 10.3 Å². The topological polar surface area (TPSA) is 86.5 Å². The number of aromatic nitrogens is 1. The lowest BCUT2D eigenvalue weighted by molar-refractivity contribution is -0.121. The molecule has 0 unspecified atom stereocenters. The number of nitrogens with one attached hydrogen (secondary N) is 1. The van der Waals surface area contributed by atoms with Crippen LogP contribution in [0.25, 0.3) is 0 Å². The predicted molar refractivity (Wildman–Crippen MR) is 107 cm³/mol. The number of carbonyl (C=O) groups is 1. The fraction of sp³-hybridized carbons (Fsp3) is 0.333. The van der Waals surface area contributed by atoms with Gasteiger partial charge in [-0.15, -0.1) is 24.8 Å². The van der Waals surface area contributed by atoms with Crippen LogP contribution in [0, 0.1) is 0 Å². The van der Waals surface area contributed by atoms with Crippen LogP contribution in [0.2, 0.25) is 0 Å². The molecular formula is C18H25Cl2N3O3. The summed E-state index contributed by atoms with van der Waals surface area (Å²) < 4.78 is 11.1. The van der Waals surface area contributed by atoms with E-state index in [1.807, 2.05) is 37.3 Å². The van der Waals surface area contributed by atoms with Gasteiger partial charge in [0.1, 0.15) is 11.5 Å². The van der Waals surface area contributed by atoms with Crippen LogP contribution in [0.4, 0.5) is 0 Å². The number of rotatable bonds is 9. The Morgan fingerprint density at radius 2 is 1.85 bits per heavy atom. The zero-order valence-corrected chi connectivity index (χ0v) is 16.3. The third kappa shape index (κ3) is 8.38. The Kier molecular flexibility index (Phi) is 12.2. The van der Waals surface area contributed by atoms with Crippen molar-refractivity contribution in [2.45, 2.75) is 26.3 Å². The van der Waals surface area contributed by atoms with Crippen LogP contribution in [-0.4, -0.2) is 24.0 Å². The Balaban J connectivity index is 0.00000312.